The maximum atomic E-state index is 13.1. The lowest BCUT2D eigenvalue weighted by Gasteiger charge is -2.29. The lowest BCUT2D eigenvalue weighted by Crippen LogP contribution is -2.40. The smallest absolute Gasteiger partial charge is 0.261 e. The number of hydrogen-bond acceptors (Lipinski definition) is 5. The van der Waals surface area contributed by atoms with E-state index in [2.05, 4.69) is 15.6 Å². The number of amides is 4. The van der Waals surface area contributed by atoms with Gasteiger partial charge in [-0.2, -0.15) is 0 Å². The first kappa shape index (κ1) is 23.4. The molecule has 8 heteroatoms. The van der Waals surface area contributed by atoms with Crippen LogP contribution in [0.5, 0.6) is 0 Å². The van der Waals surface area contributed by atoms with E-state index in [1.165, 1.54) is 17.2 Å². The molecule has 2 aliphatic rings. The van der Waals surface area contributed by atoms with Gasteiger partial charge in [0.2, 0.25) is 0 Å². The van der Waals surface area contributed by atoms with Crippen LogP contribution in [0.1, 0.15) is 79.1 Å². The predicted octanol–water partition coefficient (Wildman–Crippen LogP) is 4.19. The molecule has 4 amide bonds. The number of hydrogen-bond donors (Lipinski definition) is 2. The van der Waals surface area contributed by atoms with Gasteiger partial charge >= 0.3 is 0 Å². The first-order chi connectivity index (χ1) is 17.5. The summed E-state index contributed by atoms with van der Waals surface area (Å²) in [6.07, 6.45) is 7.87. The number of pyridine rings is 1. The summed E-state index contributed by atoms with van der Waals surface area (Å²) in [6.45, 7) is 0.206. The second-order valence-electron chi connectivity index (χ2n) is 9.07. The number of carbonyl (C=O) groups is 4. The number of nitrogens with zero attached hydrogens (tertiary/aromatic N) is 2. The first-order valence-electron chi connectivity index (χ1n) is 12.1. The highest BCUT2D eigenvalue weighted by atomic mass is 16.2. The van der Waals surface area contributed by atoms with E-state index < -0.39 is 5.91 Å². The number of imide groups is 1. The lowest BCUT2D eigenvalue weighted by molar-refractivity contribution is 0.0548. The Morgan fingerprint density at radius 2 is 1.64 bits per heavy atom. The zero-order chi connectivity index (χ0) is 25.1. The van der Waals surface area contributed by atoms with Crippen molar-refractivity contribution in [2.75, 3.05) is 5.32 Å². The van der Waals surface area contributed by atoms with Crippen LogP contribution in [0.2, 0.25) is 0 Å². The second-order valence-corrected chi connectivity index (χ2v) is 9.07. The minimum absolute atomic E-state index is 0.0721. The fourth-order valence-electron chi connectivity index (χ4n) is 4.84. The van der Waals surface area contributed by atoms with Gasteiger partial charge in [0.05, 0.1) is 16.7 Å². The Hall–Kier alpha value is -4.33. The summed E-state index contributed by atoms with van der Waals surface area (Å²) in [5, 5.41) is 5.70. The summed E-state index contributed by atoms with van der Waals surface area (Å²) < 4.78 is 0. The number of para-hydroxylation sites is 1. The van der Waals surface area contributed by atoms with E-state index in [4.69, 9.17) is 0 Å². The molecule has 2 N–H and O–H groups in total. The Morgan fingerprint density at radius 3 is 2.42 bits per heavy atom. The highest BCUT2D eigenvalue weighted by Gasteiger charge is 2.40. The largest absolute Gasteiger partial charge is 0.348 e. The van der Waals surface area contributed by atoms with E-state index in [1.54, 1.807) is 42.6 Å². The average molecular weight is 483 g/mol. The standard InChI is InChI=1S/C28H26N4O4/c33-25(20-8-6-14-29-16-20)30-17-19-7-4-5-11-24(19)31-26(34)18-12-13-22-23(15-18)28(36)32(27(22)35)21-9-2-1-3-10-21/h4-8,11-16,21H,1-3,9-10,17H2,(H,30,33)(H,31,34). The highest BCUT2D eigenvalue weighted by molar-refractivity contribution is 6.22. The molecule has 8 nitrogen and oxygen atoms in total. The normalized spacial score (nSPS) is 15.5. The van der Waals surface area contributed by atoms with Crippen molar-refractivity contribution in [2.24, 2.45) is 0 Å². The molecule has 1 aliphatic carbocycles. The molecule has 0 bridgehead atoms. The molecule has 2 heterocycles. The molecule has 0 atom stereocenters. The molecule has 0 saturated heterocycles. The number of rotatable bonds is 6. The highest BCUT2D eigenvalue weighted by Crippen LogP contribution is 2.31. The third-order valence-corrected chi connectivity index (χ3v) is 6.75. The van der Waals surface area contributed by atoms with Crippen LogP contribution in [0.3, 0.4) is 0 Å². The number of aromatic nitrogens is 1. The van der Waals surface area contributed by atoms with Gasteiger partial charge in [-0.25, -0.2) is 0 Å². The summed E-state index contributed by atoms with van der Waals surface area (Å²) in [6, 6.07) is 15.1. The molecule has 3 aromatic rings. The average Bonchev–Trinajstić information content (AvgIpc) is 3.17. The summed E-state index contributed by atoms with van der Waals surface area (Å²) >= 11 is 0. The fraction of sp³-hybridized carbons (Fsp3) is 0.250. The fourth-order valence-corrected chi connectivity index (χ4v) is 4.84. The van der Waals surface area contributed by atoms with E-state index in [0.717, 1.165) is 37.7 Å². The van der Waals surface area contributed by atoms with Gasteiger partial charge in [0.15, 0.2) is 0 Å². The third kappa shape index (κ3) is 4.62. The number of benzene rings is 2. The molecule has 1 fully saturated rings. The third-order valence-electron chi connectivity index (χ3n) is 6.75. The number of carbonyl (C=O) groups excluding carboxylic acids is 4. The summed E-state index contributed by atoms with van der Waals surface area (Å²) in [5.41, 5.74) is 2.61. The zero-order valence-corrected chi connectivity index (χ0v) is 19.7. The van der Waals surface area contributed by atoms with Crippen molar-refractivity contribution in [3.63, 3.8) is 0 Å². The van der Waals surface area contributed by atoms with Gasteiger partial charge < -0.3 is 10.6 Å². The molecule has 5 rings (SSSR count). The van der Waals surface area contributed by atoms with Crippen molar-refractivity contribution >= 4 is 29.3 Å². The second kappa shape index (κ2) is 10.1. The Kier molecular flexibility index (Phi) is 6.58. The van der Waals surface area contributed by atoms with Crippen LogP contribution in [-0.4, -0.2) is 39.6 Å². The molecule has 0 spiro atoms. The molecule has 1 aliphatic heterocycles. The number of nitrogens with one attached hydrogen (secondary N) is 2. The quantitative estimate of drug-likeness (QED) is 0.512. The monoisotopic (exact) mass is 482 g/mol. The van der Waals surface area contributed by atoms with E-state index in [0.29, 0.717) is 16.8 Å². The van der Waals surface area contributed by atoms with Gasteiger partial charge in [0, 0.05) is 36.2 Å². The molecule has 1 saturated carbocycles. The van der Waals surface area contributed by atoms with Crippen LogP contribution in [-0.2, 0) is 6.54 Å². The van der Waals surface area contributed by atoms with Crippen molar-refractivity contribution in [2.45, 2.75) is 44.7 Å². The molecular formula is C28H26N4O4. The van der Waals surface area contributed by atoms with Gasteiger partial charge in [0.25, 0.3) is 23.6 Å². The van der Waals surface area contributed by atoms with Crippen LogP contribution in [0, 0.1) is 0 Å². The Labute approximate surface area is 208 Å². The SMILES string of the molecule is O=C(NCc1ccccc1NC(=O)c1ccc2c(c1)C(=O)N(C1CCCCC1)C2=O)c1cccnc1. The van der Waals surface area contributed by atoms with Crippen molar-refractivity contribution in [3.8, 4) is 0 Å². The minimum Gasteiger partial charge on any atom is -0.348 e. The molecule has 182 valence electrons. The maximum Gasteiger partial charge on any atom is 0.261 e. The Balaban J connectivity index is 1.30. The van der Waals surface area contributed by atoms with Gasteiger partial charge in [-0.15, -0.1) is 0 Å². The summed E-state index contributed by atoms with van der Waals surface area (Å²) in [4.78, 5) is 56.8. The summed E-state index contributed by atoms with van der Waals surface area (Å²) in [7, 11) is 0. The van der Waals surface area contributed by atoms with Crippen LogP contribution in [0.25, 0.3) is 0 Å². The van der Waals surface area contributed by atoms with E-state index in [-0.39, 0.29) is 41.4 Å². The van der Waals surface area contributed by atoms with Crippen LogP contribution in [0.4, 0.5) is 5.69 Å². The van der Waals surface area contributed by atoms with Gasteiger partial charge in [-0.1, -0.05) is 37.5 Å². The summed E-state index contributed by atoms with van der Waals surface area (Å²) in [5.74, 6) is -1.27. The molecule has 0 unspecified atom stereocenters. The van der Waals surface area contributed by atoms with Crippen molar-refractivity contribution in [1.29, 1.82) is 0 Å². The van der Waals surface area contributed by atoms with Crippen LogP contribution >= 0.6 is 0 Å². The Bertz CT molecular complexity index is 1330. The van der Waals surface area contributed by atoms with Gasteiger partial charge in [0.1, 0.15) is 0 Å². The van der Waals surface area contributed by atoms with Crippen LogP contribution in [0.15, 0.2) is 67.0 Å². The van der Waals surface area contributed by atoms with E-state index >= 15 is 0 Å². The molecule has 2 aromatic carbocycles. The molecule has 36 heavy (non-hydrogen) atoms. The topological polar surface area (TPSA) is 108 Å². The number of fused-ring (bicyclic) bond motifs is 1. The molecule has 1 aromatic heterocycles. The zero-order valence-electron chi connectivity index (χ0n) is 19.7. The molecule has 0 radical (unpaired) electrons. The van der Waals surface area contributed by atoms with Gasteiger partial charge in [-0.05, 0) is 54.8 Å². The first-order valence-corrected chi connectivity index (χ1v) is 12.1. The van der Waals surface area contributed by atoms with Crippen molar-refractivity contribution in [1.82, 2.24) is 15.2 Å². The molecular weight excluding hydrogens is 456 g/mol. The maximum absolute atomic E-state index is 13.1. The predicted molar refractivity (Wildman–Crippen MR) is 134 cm³/mol. The van der Waals surface area contributed by atoms with Crippen molar-refractivity contribution < 1.29 is 19.2 Å². The van der Waals surface area contributed by atoms with E-state index in [1.807, 2.05) is 12.1 Å². The van der Waals surface area contributed by atoms with E-state index in [9.17, 15) is 19.2 Å². The Morgan fingerprint density at radius 1 is 0.861 bits per heavy atom. The lowest BCUT2D eigenvalue weighted by atomic mass is 9.94. The van der Waals surface area contributed by atoms with Crippen molar-refractivity contribution in [3.05, 3.63) is 94.8 Å². The minimum atomic E-state index is -0.403. The number of anilines is 1. The van der Waals surface area contributed by atoms with Crippen LogP contribution < -0.4 is 10.6 Å². The van der Waals surface area contributed by atoms with Gasteiger partial charge in [-0.3, -0.25) is 29.1 Å².